The number of benzene rings is 3. The highest BCUT2D eigenvalue weighted by atomic mass is 32.1. The maximum atomic E-state index is 13.1. The highest BCUT2D eigenvalue weighted by molar-refractivity contribution is 7.18. The first kappa shape index (κ1) is 23.1. The molecule has 182 valence electrons. The zero-order valence-electron chi connectivity index (χ0n) is 20.0. The first-order chi connectivity index (χ1) is 18.1. The van der Waals surface area contributed by atoms with Crippen LogP contribution in [0.25, 0.3) is 43.1 Å². The molecule has 0 fully saturated rings. The van der Waals surface area contributed by atoms with Crippen LogP contribution in [0.5, 0.6) is 0 Å². The SMILES string of the molecule is Nc1ncc(-c2cnn(CCO)c2)c2scc(-c3ccc4c(C(=O)Cc5ccccc5)cccc4c3)c12. The number of ketones is 1. The summed E-state index contributed by atoms with van der Waals surface area (Å²) in [5.74, 6) is 0.579. The molecule has 6 aromatic rings. The van der Waals surface area contributed by atoms with Gasteiger partial charge < -0.3 is 10.8 Å². The van der Waals surface area contributed by atoms with E-state index in [2.05, 4.69) is 27.6 Å². The Morgan fingerprint density at radius 2 is 1.84 bits per heavy atom. The number of nitrogens with zero attached hydrogens (tertiary/aromatic N) is 3. The van der Waals surface area contributed by atoms with Gasteiger partial charge in [0.2, 0.25) is 0 Å². The summed E-state index contributed by atoms with van der Waals surface area (Å²) in [4.78, 5) is 17.6. The number of rotatable bonds is 7. The molecular formula is C30H24N4O2S. The van der Waals surface area contributed by atoms with E-state index in [1.165, 1.54) is 0 Å². The van der Waals surface area contributed by atoms with Crippen LogP contribution >= 0.6 is 11.3 Å². The van der Waals surface area contributed by atoms with Crippen molar-refractivity contribution in [3.8, 4) is 22.3 Å². The number of fused-ring (bicyclic) bond motifs is 2. The summed E-state index contributed by atoms with van der Waals surface area (Å²) in [6, 6.07) is 21.9. The predicted molar refractivity (Wildman–Crippen MR) is 150 cm³/mol. The number of hydrogen-bond acceptors (Lipinski definition) is 6. The van der Waals surface area contributed by atoms with Gasteiger partial charge in [0.1, 0.15) is 5.82 Å². The normalized spacial score (nSPS) is 11.4. The van der Waals surface area contributed by atoms with E-state index in [-0.39, 0.29) is 12.4 Å². The zero-order chi connectivity index (χ0) is 25.4. The van der Waals surface area contributed by atoms with Crippen molar-refractivity contribution in [1.82, 2.24) is 14.8 Å². The van der Waals surface area contributed by atoms with Crippen LogP contribution in [0.15, 0.2) is 90.7 Å². The predicted octanol–water partition coefficient (Wildman–Crippen LogP) is 5.98. The van der Waals surface area contributed by atoms with E-state index in [0.717, 1.165) is 54.2 Å². The molecule has 3 N–H and O–H groups in total. The summed E-state index contributed by atoms with van der Waals surface area (Å²) < 4.78 is 2.75. The average Bonchev–Trinajstić information content (AvgIpc) is 3.57. The number of nitrogens with two attached hydrogens (primary N) is 1. The van der Waals surface area contributed by atoms with Gasteiger partial charge >= 0.3 is 0 Å². The van der Waals surface area contributed by atoms with Crippen molar-refractivity contribution in [3.63, 3.8) is 0 Å². The molecule has 0 spiro atoms. The Bertz CT molecular complexity index is 1750. The van der Waals surface area contributed by atoms with Gasteiger partial charge in [-0.2, -0.15) is 5.10 Å². The Hall–Kier alpha value is -4.33. The lowest BCUT2D eigenvalue weighted by Crippen LogP contribution is -2.04. The molecule has 0 aliphatic heterocycles. The third-order valence-electron chi connectivity index (χ3n) is 6.60. The summed E-state index contributed by atoms with van der Waals surface area (Å²) in [6.45, 7) is 0.468. The van der Waals surface area contributed by atoms with E-state index in [4.69, 9.17) is 5.73 Å². The highest BCUT2D eigenvalue weighted by Gasteiger charge is 2.17. The smallest absolute Gasteiger partial charge is 0.167 e. The van der Waals surface area contributed by atoms with Crippen molar-refractivity contribution in [3.05, 3.63) is 102 Å². The number of nitrogen functional groups attached to an aromatic ring is 1. The van der Waals surface area contributed by atoms with Gasteiger partial charge in [-0.25, -0.2) is 4.98 Å². The third kappa shape index (κ3) is 4.28. The van der Waals surface area contributed by atoms with Crippen molar-refractivity contribution < 1.29 is 9.90 Å². The Balaban J connectivity index is 1.40. The van der Waals surface area contributed by atoms with Crippen LogP contribution in [0.3, 0.4) is 0 Å². The van der Waals surface area contributed by atoms with Crippen LogP contribution in [0.4, 0.5) is 5.82 Å². The first-order valence-corrected chi connectivity index (χ1v) is 12.9. The zero-order valence-corrected chi connectivity index (χ0v) is 20.8. The number of aliphatic hydroxyl groups excluding tert-OH is 1. The van der Waals surface area contributed by atoms with Crippen LogP contribution in [-0.2, 0) is 13.0 Å². The molecule has 0 saturated carbocycles. The molecule has 0 bridgehead atoms. The van der Waals surface area contributed by atoms with Crippen LogP contribution in [-0.4, -0.2) is 32.3 Å². The molecule has 0 unspecified atom stereocenters. The lowest BCUT2D eigenvalue weighted by atomic mass is 9.94. The molecule has 37 heavy (non-hydrogen) atoms. The molecule has 0 amide bonds. The lowest BCUT2D eigenvalue weighted by molar-refractivity contribution is 0.0994. The fraction of sp³-hybridized carbons (Fsp3) is 0.100. The molecule has 7 heteroatoms. The molecule has 0 radical (unpaired) electrons. The fourth-order valence-corrected chi connectivity index (χ4v) is 5.90. The van der Waals surface area contributed by atoms with E-state index >= 15 is 0 Å². The molecular weight excluding hydrogens is 480 g/mol. The van der Waals surface area contributed by atoms with Gasteiger partial charge in [-0.1, -0.05) is 60.7 Å². The molecule has 6 rings (SSSR count). The van der Waals surface area contributed by atoms with Crippen molar-refractivity contribution in [2.45, 2.75) is 13.0 Å². The van der Waals surface area contributed by atoms with Crippen molar-refractivity contribution in [1.29, 1.82) is 0 Å². The number of aliphatic hydroxyl groups is 1. The van der Waals surface area contributed by atoms with Gasteiger partial charge in [-0.05, 0) is 33.3 Å². The van der Waals surface area contributed by atoms with E-state index in [9.17, 15) is 9.90 Å². The standard InChI is InChI=1S/C30H24N4O2S/c31-30-28-26(18-37-29(28)25(16-32-30)22-15-33-34(17-22)11-12-35)21-9-10-23-20(14-21)7-4-8-24(23)27(36)13-19-5-2-1-3-6-19/h1-10,14-18,35H,11-13H2,(H2,31,32). The second kappa shape index (κ2) is 9.61. The number of Topliss-reactive ketones (excluding diaryl/α,β-unsaturated/α-hetero) is 1. The first-order valence-electron chi connectivity index (χ1n) is 12.0. The Morgan fingerprint density at radius 3 is 2.68 bits per heavy atom. The quantitative estimate of drug-likeness (QED) is 0.261. The highest BCUT2D eigenvalue weighted by Crippen LogP contribution is 2.42. The average molecular weight is 505 g/mol. The molecule has 0 aliphatic rings. The topological polar surface area (TPSA) is 94.0 Å². The van der Waals surface area contributed by atoms with Gasteiger partial charge in [0.05, 0.1) is 19.3 Å². The maximum Gasteiger partial charge on any atom is 0.167 e. The second-order valence-corrected chi connectivity index (χ2v) is 9.83. The minimum atomic E-state index is 0.0290. The number of carbonyl (C=O) groups is 1. The van der Waals surface area contributed by atoms with Gasteiger partial charge in [-0.15, -0.1) is 11.3 Å². The molecule has 0 saturated heterocycles. The monoisotopic (exact) mass is 504 g/mol. The van der Waals surface area contributed by atoms with Gasteiger partial charge in [0.15, 0.2) is 5.78 Å². The third-order valence-corrected chi connectivity index (χ3v) is 7.61. The number of anilines is 1. The molecule has 6 nitrogen and oxygen atoms in total. The summed E-state index contributed by atoms with van der Waals surface area (Å²) in [6.07, 6.45) is 5.85. The van der Waals surface area contributed by atoms with Crippen molar-refractivity contribution in [2.75, 3.05) is 12.3 Å². The van der Waals surface area contributed by atoms with Crippen LogP contribution in [0.2, 0.25) is 0 Å². The van der Waals surface area contributed by atoms with E-state index < -0.39 is 0 Å². The minimum Gasteiger partial charge on any atom is -0.394 e. The van der Waals surface area contributed by atoms with E-state index in [1.807, 2.05) is 60.8 Å². The Labute approximate surface area is 217 Å². The minimum absolute atomic E-state index is 0.0290. The fourth-order valence-electron chi connectivity index (χ4n) is 4.78. The summed E-state index contributed by atoms with van der Waals surface area (Å²) in [5.41, 5.74) is 12.0. The largest absolute Gasteiger partial charge is 0.394 e. The Kier molecular flexibility index (Phi) is 6.00. The van der Waals surface area contributed by atoms with E-state index in [0.29, 0.717) is 18.8 Å². The molecule has 0 atom stereocenters. The van der Waals surface area contributed by atoms with Crippen LogP contribution < -0.4 is 5.73 Å². The van der Waals surface area contributed by atoms with Gasteiger partial charge in [0.25, 0.3) is 0 Å². The summed E-state index contributed by atoms with van der Waals surface area (Å²) in [5, 5.41) is 18.5. The Morgan fingerprint density at radius 1 is 0.973 bits per heavy atom. The van der Waals surface area contributed by atoms with E-state index in [1.54, 1.807) is 28.4 Å². The molecule has 0 aliphatic carbocycles. The van der Waals surface area contributed by atoms with Gasteiger partial charge in [-0.3, -0.25) is 9.48 Å². The number of carbonyl (C=O) groups excluding carboxylic acids is 1. The number of pyridine rings is 1. The summed E-state index contributed by atoms with van der Waals surface area (Å²) in [7, 11) is 0. The molecule has 3 aromatic carbocycles. The van der Waals surface area contributed by atoms with Crippen molar-refractivity contribution in [2.24, 2.45) is 0 Å². The van der Waals surface area contributed by atoms with Gasteiger partial charge in [0, 0.05) is 51.2 Å². The van der Waals surface area contributed by atoms with Crippen LogP contribution in [0, 0.1) is 0 Å². The second-order valence-electron chi connectivity index (χ2n) is 8.95. The number of thiophene rings is 1. The number of hydrogen-bond donors (Lipinski definition) is 2. The lowest BCUT2D eigenvalue weighted by Gasteiger charge is -2.09. The number of aromatic nitrogens is 3. The summed E-state index contributed by atoms with van der Waals surface area (Å²) >= 11 is 1.62. The van der Waals surface area contributed by atoms with Crippen molar-refractivity contribution >= 4 is 43.8 Å². The van der Waals surface area contributed by atoms with Crippen LogP contribution in [0.1, 0.15) is 15.9 Å². The molecule has 3 aromatic heterocycles. The maximum absolute atomic E-state index is 13.1. The molecule has 3 heterocycles.